The van der Waals surface area contributed by atoms with Crippen LogP contribution in [0.3, 0.4) is 0 Å². The number of rotatable bonds is 3. The van der Waals surface area contributed by atoms with Gasteiger partial charge in [0.2, 0.25) is 5.88 Å². The quantitative estimate of drug-likeness (QED) is 0.642. The van der Waals surface area contributed by atoms with Crippen LogP contribution in [0.1, 0.15) is 26.5 Å². The van der Waals surface area contributed by atoms with E-state index in [4.69, 9.17) is 16.3 Å². The van der Waals surface area contributed by atoms with Gasteiger partial charge in [-0.1, -0.05) is 16.0 Å². The van der Waals surface area contributed by atoms with E-state index in [1.807, 2.05) is 20.8 Å². The molecule has 0 bridgehead atoms. The lowest BCUT2D eigenvalue weighted by Crippen LogP contribution is -2.25. The van der Waals surface area contributed by atoms with Crippen LogP contribution in [0.25, 0.3) is 11.0 Å². The largest absolute Gasteiger partial charge is 0.591 e. The van der Waals surface area contributed by atoms with Gasteiger partial charge in [0.1, 0.15) is 28.0 Å². The molecule has 7 heteroatoms. The van der Waals surface area contributed by atoms with Crippen molar-refractivity contribution in [3.05, 3.63) is 28.9 Å². The van der Waals surface area contributed by atoms with Gasteiger partial charge in [0.25, 0.3) is 0 Å². The number of ether oxygens (including phenoxy) is 1. The molecule has 21 heavy (non-hydrogen) atoms. The molecule has 0 radical (unpaired) electrons. The van der Waals surface area contributed by atoms with Gasteiger partial charge >= 0.3 is 0 Å². The third kappa shape index (κ3) is 3.84. The molecule has 0 amide bonds. The second-order valence-corrected chi connectivity index (χ2v) is 7.72. The number of hydrogen-bond donors (Lipinski definition) is 0. The van der Waals surface area contributed by atoms with E-state index in [1.54, 1.807) is 18.2 Å². The molecule has 1 heterocycles. The molecule has 0 spiro atoms. The van der Waals surface area contributed by atoms with Crippen LogP contribution in [0.4, 0.5) is 0 Å². The molecule has 0 aliphatic carbocycles. The van der Waals surface area contributed by atoms with Crippen molar-refractivity contribution in [2.45, 2.75) is 25.5 Å². The molecule has 1 aromatic carbocycles. The maximum atomic E-state index is 12.0. The lowest BCUT2D eigenvalue weighted by molar-refractivity contribution is 0.397. The van der Waals surface area contributed by atoms with E-state index in [0.717, 1.165) is 0 Å². The molecule has 2 aromatic rings. The maximum Gasteiger partial charge on any atom is 0.242 e. The Labute approximate surface area is 131 Å². The van der Waals surface area contributed by atoms with Crippen LogP contribution in [-0.2, 0) is 11.4 Å². The van der Waals surface area contributed by atoms with Crippen LogP contribution in [0.2, 0.25) is 5.02 Å². The summed E-state index contributed by atoms with van der Waals surface area (Å²) in [6.45, 7) is 5.55. The van der Waals surface area contributed by atoms with Crippen molar-refractivity contribution < 1.29 is 9.29 Å². The lowest BCUT2D eigenvalue weighted by Gasteiger charge is -2.17. The van der Waals surface area contributed by atoms with E-state index in [2.05, 4.69) is 14.4 Å². The van der Waals surface area contributed by atoms with Gasteiger partial charge in [0.15, 0.2) is 0 Å². The number of halogens is 1. The first-order valence-electron chi connectivity index (χ1n) is 6.28. The van der Waals surface area contributed by atoms with Crippen molar-refractivity contribution in [3.8, 4) is 5.88 Å². The van der Waals surface area contributed by atoms with E-state index in [-0.39, 0.29) is 0 Å². The predicted octanol–water partition coefficient (Wildman–Crippen LogP) is 3.17. The highest BCUT2D eigenvalue weighted by atomic mass is 35.5. The third-order valence-electron chi connectivity index (χ3n) is 2.61. The molecule has 0 saturated carbocycles. The first-order valence-corrected chi connectivity index (χ1v) is 7.77. The molecule has 2 rings (SSSR count). The average molecular weight is 326 g/mol. The van der Waals surface area contributed by atoms with Crippen LogP contribution in [0, 0.1) is 0 Å². The zero-order chi connectivity index (χ0) is 15.6. The molecule has 1 atom stereocenters. The van der Waals surface area contributed by atoms with Crippen molar-refractivity contribution in [1.29, 1.82) is 0 Å². The van der Waals surface area contributed by atoms with E-state index < -0.39 is 16.1 Å². The Morgan fingerprint density at radius 1 is 1.29 bits per heavy atom. The van der Waals surface area contributed by atoms with Crippen molar-refractivity contribution >= 4 is 40.2 Å². The Bertz CT molecular complexity index is 686. The fourth-order valence-corrected chi connectivity index (χ4v) is 2.19. The Kier molecular flexibility index (Phi) is 4.70. The first kappa shape index (κ1) is 16.0. The summed E-state index contributed by atoms with van der Waals surface area (Å²) < 4.78 is 20.8. The number of fused-ring (bicyclic) bond motifs is 1. The minimum absolute atomic E-state index is 0.333. The third-order valence-corrected chi connectivity index (χ3v) is 4.19. The maximum absolute atomic E-state index is 12.0. The fourth-order valence-electron chi connectivity index (χ4n) is 1.52. The summed E-state index contributed by atoms with van der Waals surface area (Å²) in [5, 5.41) is 0.572. The predicted molar refractivity (Wildman–Crippen MR) is 86.6 cm³/mol. The minimum Gasteiger partial charge on any atom is -0.591 e. The van der Waals surface area contributed by atoms with Crippen molar-refractivity contribution in [2.75, 3.05) is 7.11 Å². The number of benzene rings is 1. The normalized spacial score (nSPS) is 13.8. The van der Waals surface area contributed by atoms with Crippen molar-refractivity contribution in [3.63, 3.8) is 0 Å². The Hall–Kier alpha value is -1.37. The van der Waals surface area contributed by atoms with Gasteiger partial charge in [-0.25, -0.2) is 9.97 Å². The van der Waals surface area contributed by atoms with Crippen molar-refractivity contribution in [2.24, 2.45) is 4.40 Å². The average Bonchev–Trinajstić information content (AvgIpc) is 2.42. The van der Waals surface area contributed by atoms with Gasteiger partial charge in [-0.3, -0.25) is 0 Å². The lowest BCUT2D eigenvalue weighted by atomic mass is 10.3. The summed E-state index contributed by atoms with van der Waals surface area (Å²) >= 11 is 4.58. The van der Waals surface area contributed by atoms with Gasteiger partial charge in [-0.2, -0.15) is 0 Å². The molecule has 112 valence electrons. The molecule has 0 N–H and O–H groups in total. The second-order valence-electron chi connectivity index (χ2n) is 5.35. The summed E-state index contributed by atoms with van der Waals surface area (Å²) in [7, 11) is 1.50. The minimum atomic E-state index is -1.37. The van der Waals surface area contributed by atoms with Crippen LogP contribution in [0.5, 0.6) is 5.88 Å². The zero-order valence-corrected chi connectivity index (χ0v) is 13.8. The molecule has 0 aliphatic rings. The summed E-state index contributed by atoms with van der Waals surface area (Å²) in [5.41, 5.74) is 1.72. The van der Waals surface area contributed by atoms with Crippen LogP contribution >= 0.6 is 11.6 Å². The number of methoxy groups -OCH3 is 1. The number of aromatic nitrogens is 2. The van der Waals surface area contributed by atoms with Crippen LogP contribution < -0.4 is 4.74 Å². The second kappa shape index (κ2) is 6.17. The topological polar surface area (TPSA) is 70.4 Å². The molecular formula is C14H16ClN3O2S. The van der Waals surface area contributed by atoms with Gasteiger partial charge in [0, 0.05) is 5.02 Å². The molecule has 0 fully saturated rings. The first-order chi connectivity index (χ1) is 9.81. The van der Waals surface area contributed by atoms with E-state index in [9.17, 15) is 4.55 Å². The highest BCUT2D eigenvalue weighted by Gasteiger charge is 2.26. The Morgan fingerprint density at radius 3 is 2.62 bits per heavy atom. The summed E-state index contributed by atoms with van der Waals surface area (Å²) in [4.78, 5) is 8.75. The summed E-state index contributed by atoms with van der Waals surface area (Å²) in [6.07, 6.45) is 1.42. The molecule has 0 aliphatic heterocycles. The Balaban J connectivity index is 2.44. The van der Waals surface area contributed by atoms with E-state index >= 15 is 0 Å². The van der Waals surface area contributed by atoms with Crippen molar-refractivity contribution in [1.82, 2.24) is 9.97 Å². The molecule has 0 saturated heterocycles. The monoisotopic (exact) mass is 325 g/mol. The molecular weight excluding hydrogens is 310 g/mol. The zero-order valence-electron chi connectivity index (χ0n) is 12.3. The van der Waals surface area contributed by atoms with E-state index in [0.29, 0.717) is 27.6 Å². The van der Waals surface area contributed by atoms with Crippen LogP contribution in [0.15, 0.2) is 22.6 Å². The standard InChI is InChI=1S/C14H16ClN3O2S/c1-14(2,3)21(19)16-8-12-13(20-4)18-10-6-5-9(15)7-11(10)17-12/h5-8H,1-4H3. The highest BCUT2D eigenvalue weighted by molar-refractivity contribution is 7.91. The van der Waals surface area contributed by atoms with Gasteiger partial charge in [-0.15, -0.1) is 0 Å². The number of hydrogen-bond acceptors (Lipinski definition) is 5. The molecule has 1 aromatic heterocycles. The summed E-state index contributed by atoms with van der Waals surface area (Å²) in [5.74, 6) is 0.333. The van der Waals surface area contributed by atoms with Crippen LogP contribution in [-0.4, -0.2) is 32.6 Å². The molecule has 1 unspecified atom stereocenters. The Morgan fingerprint density at radius 2 is 2.00 bits per heavy atom. The van der Waals surface area contributed by atoms with Gasteiger partial charge in [0.05, 0.1) is 18.1 Å². The van der Waals surface area contributed by atoms with Gasteiger partial charge < -0.3 is 9.29 Å². The van der Waals surface area contributed by atoms with E-state index in [1.165, 1.54) is 13.3 Å². The number of nitrogens with zero attached hydrogens (tertiary/aromatic N) is 3. The smallest absolute Gasteiger partial charge is 0.242 e. The fraction of sp³-hybridized carbons (Fsp3) is 0.357. The molecule has 5 nitrogen and oxygen atoms in total. The SMILES string of the molecule is COc1nc2ccc(Cl)cc2nc1C=N[S+]([O-])C(C)(C)C. The van der Waals surface area contributed by atoms with Gasteiger partial charge in [-0.05, 0) is 39.0 Å². The highest BCUT2D eigenvalue weighted by Crippen LogP contribution is 2.22. The summed E-state index contributed by atoms with van der Waals surface area (Å²) in [6, 6.07) is 5.21.